The lowest BCUT2D eigenvalue weighted by molar-refractivity contribution is 0.0942. The zero-order valence-electron chi connectivity index (χ0n) is 14.5. The molecule has 1 aliphatic heterocycles. The Hall–Kier alpha value is -2.57. The minimum absolute atomic E-state index is 0. The Kier molecular flexibility index (Phi) is 7.00. The summed E-state index contributed by atoms with van der Waals surface area (Å²) in [4.78, 5) is 24.4. The summed E-state index contributed by atoms with van der Waals surface area (Å²) in [6, 6.07) is 14.2. The van der Waals surface area contributed by atoms with Gasteiger partial charge in [-0.15, -0.1) is 12.4 Å². The van der Waals surface area contributed by atoms with Gasteiger partial charge in [-0.3, -0.25) is 4.79 Å². The molecule has 2 aromatic rings. The van der Waals surface area contributed by atoms with Gasteiger partial charge in [0.2, 0.25) is 0 Å². The molecule has 4 N–H and O–H groups in total. The van der Waals surface area contributed by atoms with E-state index in [1.54, 1.807) is 12.1 Å². The topological polar surface area (TPSA) is 82.3 Å². The van der Waals surface area contributed by atoms with Crippen molar-refractivity contribution >= 4 is 35.7 Å². The molecule has 0 aromatic heterocycles. The van der Waals surface area contributed by atoms with Gasteiger partial charge in [0, 0.05) is 42.5 Å². The molecular formula is C19H23ClN4O2. The van der Waals surface area contributed by atoms with Gasteiger partial charge in [0.15, 0.2) is 0 Å². The Morgan fingerprint density at radius 3 is 2.46 bits per heavy atom. The van der Waals surface area contributed by atoms with Gasteiger partial charge in [0.25, 0.3) is 5.91 Å². The molecule has 1 fully saturated rings. The predicted octanol–water partition coefficient (Wildman–Crippen LogP) is 3.01. The van der Waals surface area contributed by atoms with Crippen LogP contribution in [0.3, 0.4) is 0 Å². The number of nitrogens with one attached hydrogen (secondary N) is 4. The van der Waals surface area contributed by atoms with Crippen molar-refractivity contribution in [2.75, 3.05) is 30.3 Å². The number of hydrogen-bond donors (Lipinski definition) is 4. The highest BCUT2D eigenvalue weighted by molar-refractivity contribution is 6.02. The zero-order chi connectivity index (χ0) is 17.6. The van der Waals surface area contributed by atoms with Crippen LogP contribution in [0.1, 0.15) is 15.9 Å². The largest absolute Gasteiger partial charge is 0.352 e. The van der Waals surface area contributed by atoms with E-state index in [1.807, 2.05) is 43.3 Å². The number of carbonyl (C=O) groups excluding carboxylic acids is 2. The summed E-state index contributed by atoms with van der Waals surface area (Å²) >= 11 is 0. The minimum Gasteiger partial charge on any atom is -0.352 e. The first kappa shape index (κ1) is 19.8. The van der Waals surface area contributed by atoms with Crippen LogP contribution in [0.15, 0.2) is 48.5 Å². The maximum atomic E-state index is 12.3. The monoisotopic (exact) mass is 374 g/mol. The second-order valence-corrected chi connectivity index (χ2v) is 6.21. The SMILES string of the molecule is Cc1ccc(C(=O)NCC2CNC2)cc1NC(=O)Nc1ccccc1.Cl. The molecule has 1 heterocycles. The Labute approximate surface area is 159 Å². The fourth-order valence-corrected chi connectivity index (χ4v) is 2.54. The van der Waals surface area contributed by atoms with Crippen molar-refractivity contribution in [3.63, 3.8) is 0 Å². The maximum absolute atomic E-state index is 12.3. The average Bonchev–Trinajstić information content (AvgIpc) is 2.56. The van der Waals surface area contributed by atoms with Gasteiger partial charge < -0.3 is 21.3 Å². The fraction of sp³-hybridized carbons (Fsp3) is 0.263. The molecule has 0 bridgehead atoms. The lowest BCUT2D eigenvalue weighted by atomic mass is 10.0. The van der Waals surface area contributed by atoms with Crippen LogP contribution in [0.25, 0.3) is 0 Å². The van der Waals surface area contributed by atoms with Gasteiger partial charge in [-0.25, -0.2) is 4.79 Å². The van der Waals surface area contributed by atoms with Gasteiger partial charge in [-0.1, -0.05) is 24.3 Å². The number of rotatable bonds is 5. The quantitative estimate of drug-likeness (QED) is 0.649. The minimum atomic E-state index is -0.340. The van der Waals surface area contributed by atoms with E-state index in [1.165, 1.54) is 0 Å². The van der Waals surface area contributed by atoms with Crippen molar-refractivity contribution in [3.05, 3.63) is 59.7 Å². The molecule has 0 unspecified atom stereocenters. The zero-order valence-corrected chi connectivity index (χ0v) is 15.4. The molecule has 138 valence electrons. The van der Waals surface area contributed by atoms with E-state index < -0.39 is 0 Å². The van der Waals surface area contributed by atoms with Gasteiger partial charge in [0.05, 0.1) is 0 Å². The Morgan fingerprint density at radius 1 is 1.08 bits per heavy atom. The number of anilines is 2. The van der Waals surface area contributed by atoms with Crippen molar-refractivity contribution in [3.8, 4) is 0 Å². The summed E-state index contributed by atoms with van der Waals surface area (Å²) < 4.78 is 0. The molecule has 0 aliphatic carbocycles. The standard InChI is InChI=1S/C19H22N4O2.ClH/c1-13-7-8-15(18(24)21-12-14-10-20-11-14)9-17(13)23-19(25)22-16-5-3-2-4-6-16;/h2-9,14,20H,10-12H2,1H3,(H,21,24)(H2,22,23,25);1H. The third kappa shape index (κ3) is 5.21. The van der Waals surface area contributed by atoms with Crippen LogP contribution in [0.2, 0.25) is 0 Å². The number of aryl methyl sites for hydroxylation is 1. The van der Waals surface area contributed by atoms with E-state index in [0.29, 0.717) is 29.4 Å². The van der Waals surface area contributed by atoms with Crippen LogP contribution < -0.4 is 21.3 Å². The van der Waals surface area contributed by atoms with Crippen LogP contribution in [0, 0.1) is 12.8 Å². The van der Waals surface area contributed by atoms with E-state index in [2.05, 4.69) is 21.3 Å². The Balaban J connectivity index is 0.00000243. The molecule has 6 nitrogen and oxygen atoms in total. The second-order valence-electron chi connectivity index (χ2n) is 6.21. The normalized spacial score (nSPS) is 13.1. The third-order valence-electron chi connectivity index (χ3n) is 4.20. The van der Waals surface area contributed by atoms with Crippen molar-refractivity contribution in [1.82, 2.24) is 10.6 Å². The number of amides is 3. The van der Waals surface area contributed by atoms with E-state index in [9.17, 15) is 9.59 Å². The molecule has 0 atom stereocenters. The van der Waals surface area contributed by atoms with Gasteiger partial charge >= 0.3 is 6.03 Å². The highest BCUT2D eigenvalue weighted by Gasteiger charge is 2.18. The Morgan fingerprint density at radius 2 is 1.81 bits per heavy atom. The van der Waals surface area contributed by atoms with Crippen molar-refractivity contribution in [2.24, 2.45) is 5.92 Å². The highest BCUT2D eigenvalue weighted by atomic mass is 35.5. The first-order chi connectivity index (χ1) is 12.1. The first-order valence-corrected chi connectivity index (χ1v) is 8.34. The van der Waals surface area contributed by atoms with E-state index in [-0.39, 0.29) is 24.3 Å². The number of carbonyl (C=O) groups is 2. The van der Waals surface area contributed by atoms with Crippen LogP contribution in [0.4, 0.5) is 16.2 Å². The van der Waals surface area contributed by atoms with Crippen molar-refractivity contribution in [1.29, 1.82) is 0 Å². The molecule has 1 saturated heterocycles. The number of halogens is 1. The fourth-order valence-electron chi connectivity index (χ4n) is 2.54. The van der Waals surface area contributed by atoms with Crippen molar-refractivity contribution < 1.29 is 9.59 Å². The van der Waals surface area contributed by atoms with Crippen LogP contribution >= 0.6 is 12.4 Å². The number of benzene rings is 2. The lowest BCUT2D eigenvalue weighted by Gasteiger charge is -2.27. The highest BCUT2D eigenvalue weighted by Crippen LogP contribution is 2.18. The molecule has 0 spiro atoms. The summed E-state index contributed by atoms with van der Waals surface area (Å²) in [5.74, 6) is 0.377. The number of para-hydroxylation sites is 1. The summed E-state index contributed by atoms with van der Waals surface area (Å²) in [5, 5.41) is 11.7. The predicted molar refractivity (Wildman–Crippen MR) is 106 cm³/mol. The summed E-state index contributed by atoms with van der Waals surface area (Å²) in [6.45, 7) is 4.44. The lowest BCUT2D eigenvalue weighted by Crippen LogP contribution is -2.48. The molecule has 1 aliphatic rings. The van der Waals surface area contributed by atoms with Crippen molar-refractivity contribution in [2.45, 2.75) is 6.92 Å². The molecule has 26 heavy (non-hydrogen) atoms. The molecule has 2 aromatic carbocycles. The molecule has 3 amide bonds. The van der Waals surface area contributed by atoms with E-state index in [0.717, 1.165) is 18.7 Å². The smallest absolute Gasteiger partial charge is 0.323 e. The molecule has 3 rings (SSSR count). The summed E-state index contributed by atoms with van der Waals surface area (Å²) in [7, 11) is 0. The van der Waals surface area contributed by atoms with Gasteiger partial charge in [0.1, 0.15) is 0 Å². The van der Waals surface area contributed by atoms with Crippen LogP contribution in [0.5, 0.6) is 0 Å². The van der Waals surface area contributed by atoms with Gasteiger partial charge in [-0.2, -0.15) is 0 Å². The third-order valence-corrected chi connectivity index (χ3v) is 4.20. The Bertz CT molecular complexity index is 763. The first-order valence-electron chi connectivity index (χ1n) is 8.34. The van der Waals surface area contributed by atoms with Crippen LogP contribution in [-0.4, -0.2) is 31.6 Å². The number of urea groups is 1. The van der Waals surface area contributed by atoms with Crippen LogP contribution in [-0.2, 0) is 0 Å². The number of hydrogen-bond acceptors (Lipinski definition) is 3. The average molecular weight is 375 g/mol. The summed E-state index contributed by atoms with van der Waals surface area (Å²) in [6.07, 6.45) is 0. The molecular weight excluding hydrogens is 352 g/mol. The van der Waals surface area contributed by atoms with E-state index in [4.69, 9.17) is 0 Å². The molecule has 0 saturated carbocycles. The second kappa shape index (κ2) is 9.22. The maximum Gasteiger partial charge on any atom is 0.323 e. The summed E-state index contributed by atoms with van der Waals surface area (Å²) in [5.41, 5.74) is 2.75. The van der Waals surface area contributed by atoms with E-state index >= 15 is 0 Å². The molecule has 7 heteroatoms. The molecule has 0 radical (unpaired) electrons. The van der Waals surface area contributed by atoms with Gasteiger partial charge in [-0.05, 0) is 36.8 Å².